The van der Waals surface area contributed by atoms with Crippen LogP contribution >= 0.6 is 7.37 Å². The quantitative estimate of drug-likeness (QED) is 0.749. The van der Waals surface area contributed by atoms with Crippen molar-refractivity contribution in [3.63, 3.8) is 0 Å². The maximum Gasteiger partial charge on any atom is 0.221 e. The molecule has 4 nitrogen and oxygen atoms in total. The SMILES string of the molecule is CC1(C)[C@@H]2CC[C@@]1(C)C(=O)[C@H]2P(=O)(O)[C@@H]1C(=O)[C@]2(C)CC[C@H]1C2(C)C. The average Bonchev–Trinajstić information content (AvgIpc) is 2.97. The van der Waals surface area contributed by atoms with Gasteiger partial charge in [-0.15, -0.1) is 0 Å². The molecule has 5 heteroatoms. The average molecular weight is 366 g/mol. The molecule has 1 N–H and O–H groups in total. The monoisotopic (exact) mass is 366 g/mol. The van der Waals surface area contributed by atoms with Crippen LogP contribution in [0.5, 0.6) is 0 Å². The van der Waals surface area contributed by atoms with Crippen LogP contribution in [0.2, 0.25) is 0 Å². The molecule has 0 aromatic heterocycles. The van der Waals surface area contributed by atoms with Crippen molar-refractivity contribution in [1.29, 1.82) is 0 Å². The third-order valence-corrected chi connectivity index (χ3v) is 12.6. The zero-order valence-corrected chi connectivity index (χ0v) is 17.2. The summed E-state index contributed by atoms with van der Waals surface area (Å²) in [6.45, 7) is 12.2. The Labute approximate surface area is 150 Å². The van der Waals surface area contributed by atoms with E-state index in [2.05, 4.69) is 27.7 Å². The fourth-order valence-electron chi connectivity index (χ4n) is 7.10. The maximum atomic E-state index is 13.8. The van der Waals surface area contributed by atoms with E-state index >= 15 is 0 Å². The van der Waals surface area contributed by atoms with Crippen LogP contribution in [0.4, 0.5) is 0 Å². The number of hydrogen-bond acceptors (Lipinski definition) is 3. The smallest absolute Gasteiger partial charge is 0.221 e. The summed E-state index contributed by atoms with van der Waals surface area (Å²) >= 11 is 0. The molecule has 0 unspecified atom stereocenters. The van der Waals surface area contributed by atoms with Gasteiger partial charge in [-0.2, -0.15) is 0 Å². The van der Waals surface area contributed by atoms with E-state index in [0.29, 0.717) is 0 Å². The second-order valence-corrected chi connectivity index (χ2v) is 13.1. The third-order valence-electron chi connectivity index (χ3n) is 9.79. The van der Waals surface area contributed by atoms with Crippen molar-refractivity contribution in [2.24, 2.45) is 33.5 Å². The Hall–Kier alpha value is -0.470. The number of hydrogen-bond donors (Lipinski definition) is 1. The fraction of sp³-hybridized carbons (Fsp3) is 0.900. The molecule has 0 aliphatic heterocycles. The Morgan fingerprint density at radius 3 is 1.36 bits per heavy atom. The van der Waals surface area contributed by atoms with Crippen molar-refractivity contribution in [3.05, 3.63) is 0 Å². The summed E-state index contributed by atoms with van der Waals surface area (Å²) in [4.78, 5) is 37.7. The van der Waals surface area contributed by atoms with Gasteiger partial charge < -0.3 is 4.89 Å². The van der Waals surface area contributed by atoms with Gasteiger partial charge in [0, 0.05) is 10.8 Å². The number of carbonyl (C=O) groups excluding carboxylic acids is 2. The lowest BCUT2D eigenvalue weighted by Gasteiger charge is -2.35. The fourth-order valence-corrected chi connectivity index (χ4v) is 10.8. The highest BCUT2D eigenvalue weighted by atomic mass is 31.2. The van der Waals surface area contributed by atoms with E-state index in [1.54, 1.807) is 0 Å². The van der Waals surface area contributed by atoms with Gasteiger partial charge in [0.1, 0.15) is 0 Å². The largest absolute Gasteiger partial charge is 0.343 e. The standard InChI is InChI=1S/C20H31O4P/c1-17(2)11-7-9-19(17,5)15(21)13(11)25(23,24)14-12-8-10-20(6,16(14)22)18(12,3)4/h11-14H,7-10H2,1-6H3,(H,23,24)/t11-,12-,13+,14+,19+,20+/m1/s1. The van der Waals surface area contributed by atoms with Crippen LogP contribution in [0.15, 0.2) is 0 Å². The number of Topliss-reactive ketones (excluding diaryl/α,β-unsaturated/α-hetero) is 2. The van der Waals surface area contributed by atoms with Gasteiger partial charge >= 0.3 is 0 Å². The highest BCUT2D eigenvalue weighted by molar-refractivity contribution is 7.61. The number of fused-ring (bicyclic) bond motifs is 4. The summed E-state index contributed by atoms with van der Waals surface area (Å²) < 4.78 is 13.8. The predicted octanol–water partition coefficient (Wildman–Crippen LogP) is 4.04. The molecule has 4 aliphatic carbocycles. The molecule has 0 saturated heterocycles. The predicted molar refractivity (Wildman–Crippen MR) is 96.6 cm³/mol. The van der Waals surface area contributed by atoms with Crippen LogP contribution in [0.25, 0.3) is 0 Å². The molecule has 4 aliphatic rings. The molecule has 0 aromatic rings. The van der Waals surface area contributed by atoms with Gasteiger partial charge in [-0.1, -0.05) is 41.5 Å². The Balaban J connectivity index is 1.79. The van der Waals surface area contributed by atoms with Crippen LogP contribution in [-0.2, 0) is 14.2 Å². The lowest BCUT2D eigenvalue weighted by atomic mass is 9.70. The van der Waals surface area contributed by atoms with Crippen LogP contribution in [0.1, 0.15) is 67.2 Å². The number of rotatable bonds is 2. The van der Waals surface area contributed by atoms with Gasteiger partial charge in [0.2, 0.25) is 7.37 Å². The second kappa shape index (κ2) is 4.50. The lowest BCUT2D eigenvalue weighted by Crippen LogP contribution is -2.40. The van der Waals surface area contributed by atoms with Gasteiger partial charge in [0.25, 0.3) is 0 Å². The highest BCUT2D eigenvalue weighted by Crippen LogP contribution is 2.77. The van der Waals surface area contributed by atoms with E-state index in [1.165, 1.54) is 0 Å². The Morgan fingerprint density at radius 1 is 0.800 bits per heavy atom. The highest BCUT2D eigenvalue weighted by Gasteiger charge is 2.76. The van der Waals surface area contributed by atoms with Crippen LogP contribution < -0.4 is 0 Å². The minimum atomic E-state index is -3.93. The zero-order chi connectivity index (χ0) is 18.8. The van der Waals surface area contributed by atoms with E-state index in [-0.39, 0.29) is 34.2 Å². The first-order valence-corrected chi connectivity index (χ1v) is 11.5. The molecule has 0 radical (unpaired) electrons. The Bertz CT molecular complexity index is 680. The molecule has 25 heavy (non-hydrogen) atoms. The van der Waals surface area contributed by atoms with Crippen molar-refractivity contribution in [1.82, 2.24) is 0 Å². The normalized spacial score (nSPS) is 50.0. The molecule has 4 rings (SSSR count). The topological polar surface area (TPSA) is 71.4 Å². The first-order valence-electron chi connectivity index (χ1n) is 9.65. The van der Waals surface area contributed by atoms with E-state index in [0.717, 1.165) is 25.7 Å². The second-order valence-electron chi connectivity index (χ2n) is 10.7. The van der Waals surface area contributed by atoms with E-state index in [1.807, 2.05) is 13.8 Å². The van der Waals surface area contributed by atoms with Crippen LogP contribution in [0, 0.1) is 33.5 Å². The molecule has 0 heterocycles. The van der Waals surface area contributed by atoms with E-state index in [9.17, 15) is 19.0 Å². The summed E-state index contributed by atoms with van der Waals surface area (Å²) in [5.74, 6) is -0.274. The first-order chi connectivity index (χ1) is 11.2. The van der Waals surface area contributed by atoms with Gasteiger partial charge in [-0.3, -0.25) is 14.2 Å². The van der Waals surface area contributed by atoms with Gasteiger partial charge in [0.05, 0.1) is 11.3 Å². The number of ketones is 2. The molecule has 0 aromatic carbocycles. The molecule has 4 saturated carbocycles. The molecule has 0 spiro atoms. The maximum absolute atomic E-state index is 13.8. The molecule has 4 bridgehead atoms. The molecule has 140 valence electrons. The molecule has 4 fully saturated rings. The molecular weight excluding hydrogens is 335 g/mol. The summed E-state index contributed by atoms with van der Waals surface area (Å²) in [5, 5.41) is 0. The van der Waals surface area contributed by atoms with Crippen molar-refractivity contribution >= 4 is 18.9 Å². The van der Waals surface area contributed by atoms with Gasteiger partial charge in [-0.25, -0.2) is 0 Å². The summed E-state index contributed by atoms with van der Waals surface area (Å²) in [5.41, 5.74) is -3.27. The Morgan fingerprint density at radius 2 is 1.12 bits per heavy atom. The Kier molecular flexibility index (Phi) is 3.22. The summed E-state index contributed by atoms with van der Waals surface area (Å²) in [6, 6.07) is 0. The third kappa shape index (κ3) is 1.64. The summed E-state index contributed by atoms with van der Waals surface area (Å²) in [6.07, 6.45) is 3.23. The van der Waals surface area contributed by atoms with E-state index < -0.39 is 29.5 Å². The van der Waals surface area contributed by atoms with Crippen molar-refractivity contribution in [3.8, 4) is 0 Å². The number of carbonyl (C=O) groups is 2. The molecule has 6 atom stereocenters. The lowest BCUT2D eigenvalue weighted by molar-refractivity contribution is -0.128. The van der Waals surface area contributed by atoms with Crippen LogP contribution in [0.3, 0.4) is 0 Å². The first kappa shape index (κ1) is 17.9. The van der Waals surface area contributed by atoms with Crippen LogP contribution in [-0.4, -0.2) is 27.8 Å². The van der Waals surface area contributed by atoms with Gasteiger partial charge in [-0.05, 0) is 48.3 Å². The van der Waals surface area contributed by atoms with Gasteiger partial charge in [0.15, 0.2) is 11.6 Å². The zero-order valence-electron chi connectivity index (χ0n) is 16.3. The molecular formula is C20H31O4P. The summed E-state index contributed by atoms with van der Waals surface area (Å²) in [7, 11) is -3.93. The van der Waals surface area contributed by atoms with Crippen molar-refractivity contribution < 1.29 is 19.0 Å². The van der Waals surface area contributed by atoms with Crippen molar-refractivity contribution in [2.75, 3.05) is 0 Å². The van der Waals surface area contributed by atoms with Crippen molar-refractivity contribution in [2.45, 2.75) is 78.5 Å². The molecule has 0 amide bonds. The minimum absolute atomic E-state index is 0.0573. The minimum Gasteiger partial charge on any atom is -0.343 e. The van der Waals surface area contributed by atoms with E-state index in [4.69, 9.17) is 0 Å².